The molecular weight excluding hydrogens is 322 g/mol. The Kier molecular flexibility index (Phi) is 4.01. The van der Waals surface area contributed by atoms with Crippen molar-refractivity contribution in [2.75, 3.05) is 5.32 Å². The van der Waals surface area contributed by atoms with Gasteiger partial charge in [0.25, 0.3) is 5.91 Å². The lowest BCUT2D eigenvalue weighted by molar-refractivity contribution is 0.102. The van der Waals surface area contributed by atoms with Crippen LogP contribution in [0.25, 0.3) is 16.9 Å². The van der Waals surface area contributed by atoms with Crippen molar-refractivity contribution in [2.45, 2.75) is 13.8 Å². The van der Waals surface area contributed by atoms with Crippen molar-refractivity contribution in [3.63, 3.8) is 0 Å². The predicted molar refractivity (Wildman–Crippen MR) is 104 cm³/mol. The Morgan fingerprint density at radius 1 is 0.962 bits per heavy atom. The second-order valence-electron chi connectivity index (χ2n) is 6.50. The Labute approximate surface area is 152 Å². The van der Waals surface area contributed by atoms with Crippen LogP contribution in [0.5, 0.6) is 0 Å². The fourth-order valence-electron chi connectivity index (χ4n) is 3.11. The topological polar surface area (TPSA) is 46.4 Å². The summed E-state index contributed by atoms with van der Waals surface area (Å²) in [6, 6.07) is 19.5. The number of aryl methyl sites for hydroxylation is 2. The van der Waals surface area contributed by atoms with Gasteiger partial charge in [0.2, 0.25) is 0 Å². The molecule has 2 heterocycles. The average molecular weight is 341 g/mol. The van der Waals surface area contributed by atoms with E-state index in [1.165, 1.54) is 0 Å². The SMILES string of the molecule is Cc1cc(C)cc(C(=O)Nc2ccc(-c3cn4ccccc4n3)cc2)c1. The zero-order chi connectivity index (χ0) is 18.1. The van der Waals surface area contributed by atoms with Gasteiger partial charge in [0.05, 0.1) is 5.69 Å². The number of carbonyl (C=O) groups excluding carboxylic acids is 1. The predicted octanol–water partition coefficient (Wildman–Crippen LogP) is 4.87. The molecule has 26 heavy (non-hydrogen) atoms. The smallest absolute Gasteiger partial charge is 0.255 e. The summed E-state index contributed by atoms with van der Waals surface area (Å²) in [5.74, 6) is -0.0997. The summed E-state index contributed by atoms with van der Waals surface area (Å²) >= 11 is 0. The Bertz CT molecular complexity index is 1040. The van der Waals surface area contributed by atoms with Crippen molar-refractivity contribution in [1.82, 2.24) is 9.38 Å². The number of aromatic nitrogens is 2. The minimum absolute atomic E-state index is 0.0997. The number of rotatable bonds is 3. The van der Waals surface area contributed by atoms with Crippen molar-refractivity contribution in [1.29, 1.82) is 0 Å². The van der Waals surface area contributed by atoms with E-state index in [0.29, 0.717) is 5.56 Å². The molecule has 0 saturated carbocycles. The van der Waals surface area contributed by atoms with Gasteiger partial charge >= 0.3 is 0 Å². The van der Waals surface area contributed by atoms with Gasteiger partial charge in [0.15, 0.2) is 0 Å². The molecule has 4 nitrogen and oxygen atoms in total. The lowest BCUT2D eigenvalue weighted by atomic mass is 10.1. The fraction of sp³-hybridized carbons (Fsp3) is 0.0909. The highest BCUT2D eigenvalue weighted by Crippen LogP contribution is 2.22. The molecule has 0 saturated heterocycles. The number of hydrogen-bond acceptors (Lipinski definition) is 2. The van der Waals surface area contributed by atoms with Crippen LogP contribution in [0.2, 0.25) is 0 Å². The highest BCUT2D eigenvalue weighted by atomic mass is 16.1. The molecule has 0 aliphatic heterocycles. The molecule has 0 atom stereocenters. The maximum Gasteiger partial charge on any atom is 0.255 e. The quantitative estimate of drug-likeness (QED) is 0.578. The van der Waals surface area contributed by atoms with Gasteiger partial charge in [0.1, 0.15) is 5.65 Å². The van der Waals surface area contributed by atoms with Crippen LogP contribution in [0.1, 0.15) is 21.5 Å². The molecule has 0 unspecified atom stereocenters. The van der Waals surface area contributed by atoms with Gasteiger partial charge in [-0.25, -0.2) is 4.98 Å². The van der Waals surface area contributed by atoms with E-state index >= 15 is 0 Å². The van der Waals surface area contributed by atoms with Gasteiger partial charge < -0.3 is 9.72 Å². The first kappa shape index (κ1) is 16.1. The van der Waals surface area contributed by atoms with Gasteiger partial charge in [0, 0.05) is 29.2 Å². The maximum absolute atomic E-state index is 12.5. The van der Waals surface area contributed by atoms with Crippen LogP contribution in [0.4, 0.5) is 5.69 Å². The molecule has 1 amide bonds. The number of fused-ring (bicyclic) bond motifs is 1. The summed E-state index contributed by atoms with van der Waals surface area (Å²) in [7, 11) is 0. The molecule has 0 spiro atoms. The Hall–Kier alpha value is -3.40. The van der Waals surface area contributed by atoms with E-state index in [0.717, 1.165) is 33.7 Å². The molecular formula is C22H19N3O. The maximum atomic E-state index is 12.5. The molecule has 4 heteroatoms. The van der Waals surface area contributed by atoms with E-state index in [4.69, 9.17) is 0 Å². The third kappa shape index (κ3) is 3.22. The normalized spacial score (nSPS) is 10.8. The van der Waals surface area contributed by atoms with E-state index in [2.05, 4.69) is 16.4 Å². The molecule has 1 N–H and O–H groups in total. The number of carbonyl (C=O) groups is 1. The van der Waals surface area contributed by atoms with Crippen LogP contribution in [-0.2, 0) is 0 Å². The van der Waals surface area contributed by atoms with E-state index in [-0.39, 0.29) is 5.91 Å². The number of amides is 1. The zero-order valence-corrected chi connectivity index (χ0v) is 14.7. The third-order valence-electron chi connectivity index (χ3n) is 4.29. The summed E-state index contributed by atoms with van der Waals surface area (Å²) in [6.45, 7) is 3.99. The second-order valence-corrected chi connectivity index (χ2v) is 6.50. The number of benzene rings is 2. The van der Waals surface area contributed by atoms with Gasteiger partial charge in [-0.2, -0.15) is 0 Å². The number of nitrogens with one attached hydrogen (secondary N) is 1. The monoisotopic (exact) mass is 341 g/mol. The summed E-state index contributed by atoms with van der Waals surface area (Å²) < 4.78 is 1.99. The zero-order valence-electron chi connectivity index (χ0n) is 14.7. The first-order valence-corrected chi connectivity index (χ1v) is 8.52. The van der Waals surface area contributed by atoms with Crippen molar-refractivity contribution >= 4 is 17.2 Å². The molecule has 2 aromatic carbocycles. The Balaban J connectivity index is 1.55. The molecule has 128 valence electrons. The number of nitrogens with zero attached hydrogens (tertiary/aromatic N) is 2. The first-order chi connectivity index (χ1) is 12.6. The fourth-order valence-corrected chi connectivity index (χ4v) is 3.11. The summed E-state index contributed by atoms with van der Waals surface area (Å²) in [5, 5.41) is 2.95. The van der Waals surface area contributed by atoms with Crippen molar-refractivity contribution < 1.29 is 4.79 Å². The molecule has 0 radical (unpaired) electrons. The van der Waals surface area contributed by atoms with Crippen molar-refractivity contribution in [3.8, 4) is 11.3 Å². The largest absolute Gasteiger partial charge is 0.322 e. The lowest BCUT2D eigenvalue weighted by Gasteiger charge is -2.08. The molecule has 0 aliphatic carbocycles. The van der Waals surface area contributed by atoms with Crippen molar-refractivity contribution in [2.24, 2.45) is 0 Å². The Morgan fingerprint density at radius 3 is 2.38 bits per heavy atom. The highest BCUT2D eigenvalue weighted by molar-refractivity contribution is 6.04. The van der Waals surface area contributed by atoms with Gasteiger partial charge in [-0.15, -0.1) is 0 Å². The van der Waals surface area contributed by atoms with Crippen molar-refractivity contribution in [3.05, 3.63) is 89.7 Å². The van der Waals surface area contributed by atoms with Crippen LogP contribution < -0.4 is 5.32 Å². The molecule has 4 rings (SSSR count). The van der Waals surface area contributed by atoms with Crippen LogP contribution in [0.3, 0.4) is 0 Å². The number of pyridine rings is 1. The third-order valence-corrected chi connectivity index (χ3v) is 4.29. The summed E-state index contributed by atoms with van der Waals surface area (Å²) in [6.07, 6.45) is 3.97. The second kappa shape index (κ2) is 6.48. The molecule has 0 bridgehead atoms. The number of imidazole rings is 1. The number of anilines is 1. The minimum atomic E-state index is -0.0997. The van der Waals surface area contributed by atoms with Gasteiger partial charge in [-0.1, -0.05) is 35.4 Å². The average Bonchev–Trinajstić information content (AvgIpc) is 3.05. The molecule has 4 aromatic rings. The van der Waals surface area contributed by atoms with E-state index in [1.807, 2.05) is 85.2 Å². The van der Waals surface area contributed by atoms with E-state index in [1.54, 1.807) is 0 Å². The molecule has 0 aliphatic rings. The summed E-state index contributed by atoms with van der Waals surface area (Å²) in [4.78, 5) is 17.1. The Morgan fingerprint density at radius 2 is 1.69 bits per heavy atom. The standard InChI is InChI=1S/C22H19N3O/c1-15-11-16(2)13-18(12-15)22(26)23-19-8-6-17(7-9-19)20-14-25-10-4-3-5-21(25)24-20/h3-14H,1-2H3,(H,23,26). The van der Waals surface area contributed by atoms with Crippen LogP contribution >= 0.6 is 0 Å². The van der Waals surface area contributed by atoms with Crippen LogP contribution in [0, 0.1) is 13.8 Å². The molecule has 0 fully saturated rings. The molecule has 2 aromatic heterocycles. The summed E-state index contributed by atoms with van der Waals surface area (Å²) in [5.41, 5.74) is 6.43. The minimum Gasteiger partial charge on any atom is -0.322 e. The van der Waals surface area contributed by atoms with Crippen LogP contribution in [-0.4, -0.2) is 15.3 Å². The first-order valence-electron chi connectivity index (χ1n) is 8.52. The van der Waals surface area contributed by atoms with Gasteiger partial charge in [-0.05, 0) is 50.2 Å². The van der Waals surface area contributed by atoms with Crippen LogP contribution in [0.15, 0.2) is 73.1 Å². The number of hydrogen-bond donors (Lipinski definition) is 1. The van der Waals surface area contributed by atoms with E-state index in [9.17, 15) is 4.79 Å². The highest BCUT2D eigenvalue weighted by Gasteiger charge is 2.08. The van der Waals surface area contributed by atoms with Gasteiger partial charge in [-0.3, -0.25) is 4.79 Å². The van der Waals surface area contributed by atoms with E-state index < -0.39 is 0 Å². The lowest BCUT2D eigenvalue weighted by Crippen LogP contribution is -2.12.